The quantitative estimate of drug-likeness (QED) is 0.552. The van der Waals surface area contributed by atoms with E-state index in [-0.39, 0.29) is 23.9 Å². The van der Waals surface area contributed by atoms with Gasteiger partial charge in [-0.05, 0) is 42.8 Å². The molecule has 132 valence electrons. The number of carboxylic acid groups (broad SMARTS) is 1. The van der Waals surface area contributed by atoms with Crippen LogP contribution in [0.25, 0.3) is 6.08 Å². The van der Waals surface area contributed by atoms with Crippen molar-refractivity contribution in [1.29, 1.82) is 0 Å². The number of ether oxygens (including phenoxy) is 2. The molecule has 0 radical (unpaired) electrons. The van der Waals surface area contributed by atoms with Crippen molar-refractivity contribution >= 4 is 17.9 Å². The highest BCUT2D eigenvalue weighted by Crippen LogP contribution is 2.15. The number of aromatic nitrogens is 1. The molecule has 0 unspecified atom stereocenters. The van der Waals surface area contributed by atoms with Gasteiger partial charge in [-0.25, -0.2) is 9.78 Å². The summed E-state index contributed by atoms with van der Waals surface area (Å²) >= 11 is 0. The largest absolute Gasteiger partial charge is 0.492 e. The van der Waals surface area contributed by atoms with E-state index in [9.17, 15) is 4.79 Å². The molecule has 0 aliphatic heterocycles. The van der Waals surface area contributed by atoms with E-state index in [1.807, 2.05) is 0 Å². The molecule has 2 aromatic rings. The molecule has 0 spiro atoms. The van der Waals surface area contributed by atoms with Gasteiger partial charge in [-0.1, -0.05) is 18.2 Å². The van der Waals surface area contributed by atoms with E-state index < -0.39 is 26.0 Å². The summed E-state index contributed by atoms with van der Waals surface area (Å²) in [5.74, 6) is -1.14. The predicted molar refractivity (Wildman–Crippen MR) is 96.7 cm³/mol. The summed E-state index contributed by atoms with van der Waals surface area (Å²) < 4.78 is 50.0. The number of anilines is 1. The van der Waals surface area contributed by atoms with Gasteiger partial charge in [0, 0.05) is 17.3 Å². The zero-order valence-electron chi connectivity index (χ0n) is 18.7. The summed E-state index contributed by atoms with van der Waals surface area (Å²) in [6.45, 7) is -3.84. The van der Waals surface area contributed by atoms with E-state index in [4.69, 9.17) is 21.4 Å². The molecule has 1 aromatic heterocycles. The van der Waals surface area contributed by atoms with Gasteiger partial charge in [-0.2, -0.15) is 0 Å². The Morgan fingerprint density at radius 2 is 2.16 bits per heavy atom. The molecule has 6 heteroatoms. The van der Waals surface area contributed by atoms with E-state index in [2.05, 4.69) is 4.98 Å². The highest BCUT2D eigenvalue weighted by molar-refractivity contribution is 5.89. The normalized spacial score (nSPS) is 15.1. The maximum atomic E-state index is 11.1. The zero-order valence-corrected chi connectivity index (χ0v) is 13.7. The SMILES string of the molecule is [3H]C([3H])([3H])N(c1ccccn1)C([3H])([3H])COc1ccc(/C=C(\OCC)C(=O)O)cc1. The number of hydrogen-bond acceptors (Lipinski definition) is 5. The first kappa shape index (κ1) is 12.4. The molecule has 0 bridgehead atoms. The first-order valence-corrected chi connectivity index (χ1v) is 7.56. The average molecular weight is 352 g/mol. The summed E-state index contributed by atoms with van der Waals surface area (Å²) in [6, 6.07) is 10.8. The highest BCUT2D eigenvalue weighted by Gasteiger charge is 2.08. The number of carboxylic acids is 1. The first-order chi connectivity index (χ1) is 14.0. The summed E-state index contributed by atoms with van der Waals surface area (Å²) in [7, 11) is 0. The van der Waals surface area contributed by atoms with Crippen LogP contribution in [0.4, 0.5) is 5.82 Å². The van der Waals surface area contributed by atoms with Crippen LogP contribution in [0.15, 0.2) is 54.4 Å². The molecule has 6 nitrogen and oxygen atoms in total. The lowest BCUT2D eigenvalue weighted by atomic mass is 10.2. The highest BCUT2D eigenvalue weighted by atomic mass is 16.5. The Bertz CT molecular complexity index is 871. The van der Waals surface area contributed by atoms with Crippen LogP contribution in [0.2, 0.25) is 0 Å². The van der Waals surface area contributed by atoms with Crippen LogP contribution < -0.4 is 9.64 Å². The van der Waals surface area contributed by atoms with Crippen LogP contribution in [0.5, 0.6) is 5.75 Å². The van der Waals surface area contributed by atoms with Gasteiger partial charge >= 0.3 is 5.97 Å². The van der Waals surface area contributed by atoms with Crippen molar-refractivity contribution < 1.29 is 26.2 Å². The predicted octanol–water partition coefficient (Wildman–Crippen LogP) is 3.06. The number of pyridine rings is 1. The van der Waals surface area contributed by atoms with E-state index in [1.165, 1.54) is 30.5 Å². The molecule has 1 N–H and O–H groups in total. The van der Waals surface area contributed by atoms with Crippen LogP contribution in [-0.4, -0.2) is 42.7 Å². The zero-order chi connectivity index (χ0) is 22.4. The van der Waals surface area contributed by atoms with Gasteiger partial charge in [0.1, 0.15) is 18.2 Å². The van der Waals surface area contributed by atoms with Crippen molar-refractivity contribution in [3.8, 4) is 5.75 Å². The van der Waals surface area contributed by atoms with Gasteiger partial charge in [0.15, 0.2) is 0 Å². The Balaban J connectivity index is 2.15. The molecule has 0 saturated heterocycles. The molecule has 0 atom stereocenters. The number of aliphatic carboxylic acids is 1. The monoisotopic (exact) mass is 352 g/mol. The van der Waals surface area contributed by atoms with Crippen LogP contribution >= 0.6 is 0 Å². The van der Waals surface area contributed by atoms with Crippen molar-refractivity contribution in [2.45, 2.75) is 6.92 Å². The minimum atomic E-state index is -2.78. The van der Waals surface area contributed by atoms with E-state index in [0.29, 0.717) is 10.5 Å². The molecule has 0 amide bonds. The molecule has 0 aliphatic carbocycles. The number of rotatable bonds is 9. The standard InChI is InChI=1S/C19H22N2O4/c1-3-24-17(19(22)23)14-15-7-9-16(10-8-15)25-13-12-21(2)18-6-4-5-11-20-18/h4-11,14H,3,12-13H2,1-2H3,(H,22,23)/b17-14-/i2T3,12T2. The van der Waals surface area contributed by atoms with E-state index in [0.717, 1.165) is 0 Å². The van der Waals surface area contributed by atoms with Gasteiger partial charge < -0.3 is 19.5 Å². The van der Waals surface area contributed by atoms with Gasteiger partial charge in [0.05, 0.1) is 15.8 Å². The molecule has 1 aromatic carbocycles. The van der Waals surface area contributed by atoms with Gasteiger partial charge in [0.2, 0.25) is 5.76 Å². The number of nitrogens with zero attached hydrogens (tertiary/aromatic N) is 2. The third-order valence-electron chi connectivity index (χ3n) is 3.03. The summed E-state index contributed by atoms with van der Waals surface area (Å²) in [5, 5.41) is 9.09. The van der Waals surface area contributed by atoms with Gasteiger partial charge in [0.25, 0.3) is 0 Å². The Kier molecular flexibility index (Phi) is 4.61. The molecule has 0 aliphatic rings. The summed E-state index contributed by atoms with van der Waals surface area (Å²) in [5.41, 5.74) is 0.550. The Labute approximate surface area is 154 Å². The summed E-state index contributed by atoms with van der Waals surface area (Å²) in [6.07, 6.45) is 2.73. The van der Waals surface area contributed by atoms with E-state index in [1.54, 1.807) is 31.2 Å². The summed E-state index contributed by atoms with van der Waals surface area (Å²) in [4.78, 5) is 15.7. The van der Waals surface area contributed by atoms with Crippen molar-refractivity contribution in [2.24, 2.45) is 0 Å². The molecule has 0 fully saturated rings. The molecular weight excluding hydrogens is 320 g/mol. The molecule has 1 heterocycles. The Morgan fingerprint density at radius 3 is 2.76 bits per heavy atom. The van der Waals surface area contributed by atoms with Gasteiger partial charge in [-0.15, -0.1) is 0 Å². The maximum Gasteiger partial charge on any atom is 0.371 e. The minimum Gasteiger partial charge on any atom is -0.492 e. The van der Waals surface area contributed by atoms with Gasteiger partial charge in [-0.3, -0.25) is 0 Å². The fraction of sp³-hybridized carbons (Fsp3) is 0.263. The second-order valence-corrected chi connectivity index (χ2v) is 4.79. The van der Waals surface area contributed by atoms with Crippen molar-refractivity contribution in [3.05, 3.63) is 60.0 Å². The fourth-order valence-corrected chi connectivity index (χ4v) is 1.88. The number of likely N-dealkylation sites (N-methyl/N-ethyl adjacent to an activating group) is 1. The average Bonchev–Trinajstić information content (AvgIpc) is 2.66. The first-order valence-electron chi connectivity index (χ1n) is 10.1. The molecule has 0 saturated carbocycles. The lowest BCUT2D eigenvalue weighted by molar-refractivity contribution is -0.136. The van der Waals surface area contributed by atoms with Crippen LogP contribution in [0, 0.1) is 0 Å². The Morgan fingerprint density at radius 1 is 1.36 bits per heavy atom. The lowest BCUT2D eigenvalue weighted by Crippen LogP contribution is -2.24. The van der Waals surface area contributed by atoms with Crippen molar-refractivity contribution in [2.75, 3.05) is 31.6 Å². The second-order valence-electron chi connectivity index (χ2n) is 4.79. The third-order valence-corrected chi connectivity index (χ3v) is 3.03. The van der Waals surface area contributed by atoms with Crippen molar-refractivity contribution in [1.82, 2.24) is 4.98 Å². The minimum absolute atomic E-state index is 0.0382. The smallest absolute Gasteiger partial charge is 0.371 e. The number of carbonyl (C=O) groups is 1. The molecular formula is C19H22N2O4. The third kappa shape index (κ3) is 5.84. The van der Waals surface area contributed by atoms with E-state index >= 15 is 0 Å². The lowest BCUT2D eigenvalue weighted by Gasteiger charge is -2.18. The van der Waals surface area contributed by atoms with Crippen LogP contribution in [0.1, 0.15) is 19.3 Å². The van der Waals surface area contributed by atoms with Crippen LogP contribution in [0.3, 0.4) is 0 Å². The number of benzene rings is 1. The number of hydrogen-bond donors (Lipinski definition) is 1. The fourth-order valence-electron chi connectivity index (χ4n) is 1.88. The van der Waals surface area contributed by atoms with Crippen molar-refractivity contribution in [3.63, 3.8) is 0 Å². The topological polar surface area (TPSA) is 71.9 Å². The molecule has 25 heavy (non-hydrogen) atoms. The second kappa shape index (κ2) is 9.32. The maximum absolute atomic E-state index is 11.1. The Hall–Kier alpha value is -3.02. The van der Waals surface area contributed by atoms with Crippen LogP contribution in [-0.2, 0) is 9.53 Å². The molecule has 2 rings (SSSR count).